The molecule has 4 nitrogen and oxygen atoms in total. The monoisotopic (exact) mass is 231 g/mol. The van der Waals surface area contributed by atoms with Crippen molar-refractivity contribution in [1.82, 2.24) is 4.98 Å². The fourth-order valence-electron chi connectivity index (χ4n) is 1.68. The molecule has 0 spiro atoms. The molecular formula is C13H13NO3. The molecule has 0 aliphatic heterocycles. The summed E-state index contributed by atoms with van der Waals surface area (Å²) in [4.78, 5) is 14.8. The third-order valence-corrected chi connectivity index (χ3v) is 2.56. The number of fused-ring (bicyclic) bond motifs is 1. The highest BCUT2D eigenvalue weighted by molar-refractivity contribution is 5.80. The van der Waals surface area contributed by atoms with Gasteiger partial charge in [-0.15, -0.1) is 0 Å². The van der Waals surface area contributed by atoms with E-state index >= 15 is 0 Å². The Morgan fingerprint density at radius 1 is 1.35 bits per heavy atom. The minimum atomic E-state index is -0.780. The second kappa shape index (κ2) is 4.82. The molecular weight excluding hydrogens is 218 g/mol. The number of carboxylic acid groups (broad SMARTS) is 1. The third-order valence-electron chi connectivity index (χ3n) is 2.56. The number of carbonyl (C=O) groups is 1. The molecule has 1 heterocycles. The molecule has 1 N–H and O–H groups in total. The van der Waals surface area contributed by atoms with Gasteiger partial charge in [-0.05, 0) is 30.2 Å². The number of hydrogen-bond donors (Lipinski definition) is 1. The van der Waals surface area contributed by atoms with E-state index < -0.39 is 5.97 Å². The lowest BCUT2D eigenvalue weighted by Crippen LogP contribution is -1.97. The summed E-state index contributed by atoms with van der Waals surface area (Å²) in [6, 6.07) is 9.46. The van der Waals surface area contributed by atoms with Gasteiger partial charge in [-0.1, -0.05) is 6.07 Å². The van der Waals surface area contributed by atoms with Crippen molar-refractivity contribution < 1.29 is 14.6 Å². The van der Waals surface area contributed by atoms with E-state index in [1.165, 1.54) is 0 Å². The maximum Gasteiger partial charge on any atom is 0.303 e. The molecule has 88 valence electrons. The molecule has 0 saturated carbocycles. The summed E-state index contributed by atoms with van der Waals surface area (Å²) in [6.07, 6.45) is 0.687. The zero-order valence-corrected chi connectivity index (χ0v) is 9.51. The van der Waals surface area contributed by atoms with Crippen LogP contribution in [-0.4, -0.2) is 23.2 Å². The molecule has 2 aromatic rings. The summed E-state index contributed by atoms with van der Waals surface area (Å²) >= 11 is 0. The number of nitrogens with zero attached hydrogens (tertiary/aromatic N) is 1. The first-order chi connectivity index (χ1) is 8.19. The van der Waals surface area contributed by atoms with Crippen molar-refractivity contribution in [3.05, 3.63) is 35.9 Å². The Balaban J connectivity index is 2.28. The molecule has 0 atom stereocenters. The van der Waals surface area contributed by atoms with Crippen LogP contribution >= 0.6 is 0 Å². The molecule has 0 bridgehead atoms. The molecule has 17 heavy (non-hydrogen) atoms. The molecule has 0 amide bonds. The lowest BCUT2D eigenvalue weighted by molar-refractivity contribution is -0.136. The van der Waals surface area contributed by atoms with Crippen LogP contribution in [0.3, 0.4) is 0 Å². The predicted molar refractivity (Wildman–Crippen MR) is 64.3 cm³/mol. The van der Waals surface area contributed by atoms with Gasteiger partial charge in [-0.25, -0.2) is 4.98 Å². The Hall–Kier alpha value is -2.10. The minimum absolute atomic E-state index is 0.148. The molecule has 0 unspecified atom stereocenters. The lowest BCUT2D eigenvalue weighted by atomic mass is 10.1. The normalized spacial score (nSPS) is 10.4. The molecule has 4 heteroatoms. The highest BCUT2D eigenvalue weighted by atomic mass is 16.5. The fourth-order valence-corrected chi connectivity index (χ4v) is 1.68. The molecule has 1 aromatic carbocycles. The van der Waals surface area contributed by atoms with E-state index in [1.54, 1.807) is 13.2 Å². The van der Waals surface area contributed by atoms with Crippen LogP contribution < -0.4 is 4.74 Å². The number of aryl methyl sites for hydroxylation is 1. The summed E-state index contributed by atoms with van der Waals surface area (Å²) in [6.45, 7) is 0. The highest BCUT2D eigenvalue weighted by Crippen LogP contribution is 2.18. The van der Waals surface area contributed by atoms with E-state index in [1.807, 2.05) is 24.3 Å². The third kappa shape index (κ3) is 2.72. The maximum absolute atomic E-state index is 10.5. The van der Waals surface area contributed by atoms with Crippen molar-refractivity contribution in [2.75, 3.05) is 7.11 Å². The van der Waals surface area contributed by atoms with Gasteiger partial charge >= 0.3 is 5.97 Å². The van der Waals surface area contributed by atoms with Gasteiger partial charge in [0.15, 0.2) is 0 Å². The van der Waals surface area contributed by atoms with Crippen molar-refractivity contribution in [2.45, 2.75) is 12.8 Å². The topological polar surface area (TPSA) is 59.4 Å². The second-order valence-corrected chi connectivity index (χ2v) is 3.77. The largest absolute Gasteiger partial charge is 0.481 e. The van der Waals surface area contributed by atoms with Crippen molar-refractivity contribution >= 4 is 16.9 Å². The Morgan fingerprint density at radius 2 is 2.18 bits per heavy atom. The van der Waals surface area contributed by atoms with Crippen LogP contribution in [-0.2, 0) is 11.2 Å². The van der Waals surface area contributed by atoms with Gasteiger partial charge in [0.25, 0.3) is 0 Å². The van der Waals surface area contributed by atoms with Gasteiger partial charge in [0.2, 0.25) is 5.88 Å². The standard InChI is InChI=1S/C13H13NO3/c1-17-12-6-4-10-8-9(3-7-13(15)16)2-5-11(10)14-12/h2,4-6,8H,3,7H2,1H3,(H,15,16). The van der Waals surface area contributed by atoms with E-state index in [0.29, 0.717) is 12.3 Å². The molecule has 0 fully saturated rings. The minimum Gasteiger partial charge on any atom is -0.481 e. The van der Waals surface area contributed by atoms with Crippen molar-refractivity contribution in [3.8, 4) is 5.88 Å². The second-order valence-electron chi connectivity index (χ2n) is 3.77. The van der Waals surface area contributed by atoms with E-state index in [9.17, 15) is 4.79 Å². The quantitative estimate of drug-likeness (QED) is 0.876. The number of aliphatic carboxylic acids is 1. The number of hydrogen-bond acceptors (Lipinski definition) is 3. The number of ether oxygens (including phenoxy) is 1. The van der Waals surface area contributed by atoms with E-state index in [0.717, 1.165) is 16.5 Å². The summed E-state index contributed by atoms with van der Waals surface area (Å²) in [5.41, 5.74) is 1.86. The van der Waals surface area contributed by atoms with Crippen molar-refractivity contribution in [2.24, 2.45) is 0 Å². The zero-order chi connectivity index (χ0) is 12.3. The number of aromatic nitrogens is 1. The van der Waals surface area contributed by atoms with Crippen LogP contribution in [0.5, 0.6) is 5.88 Å². The Bertz CT molecular complexity index is 551. The summed E-state index contributed by atoms with van der Waals surface area (Å²) < 4.78 is 5.04. The van der Waals surface area contributed by atoms with Crippen LogP contribution in [0.1, 0.15) is 12.0 Å². The van der Waals surface area contributed by atoms with Gasteiger partial charge < -0.3 is 9.84 Å². The summed E-state index contributed by atoms with van der Waals surface area (Å²) in [7, 11) is 1.58. The van der Waals surface area contributed by atoms with Gasteiger partial charge in [0.1, 0.15) is 0 Å². The molecule has 0 aliphatic rings. The van der Waals surface area contributed by atoms with E-state index in [-0.39, 0.29) is 6.42 Å². The molecule has 0 saturated heterocycles. The smallest absolute Gasteiger partial charge is 0.303 e. The summed E-state index contributed by atoms with van der Waals surface area (Å²) in [5, 5.41) is 9.62. The molecule has 0 aliphatic carbocycles. The summed E-state index contributed by atoms with van der Waals surface area (Å²) in [5.74, 6) is -0.200. The van der Waals surface area contributed by atoms with Gasteiger partial charge in [-0.2, -0.15) is 0 Å². The Labute approximate surface area is 98.9 Å². The fraction of sp³-hybridized carbons (Fsp3) is 0.231. The lowest BCUT2D eigenvalue weighted by Gasteiger charge is -2.04. The van der Waals surface area contributed by atoms with Crippen LogP contribution in [0.4, 0.5) is 0 Å². The average Bonchev–Trinajstić information content (AvgIpc) is 2.35. The first-order valence-corrected chi connectivity index (χ1v) is 5.34. The molecule has 2 rings (SSSR count). The average molecular weight is 231 g/mol. The van der Waals surface area contributed by atoms with E-state index in [4.69, 9.17) is 9.84 Å². The number of methoxy groups -OCH3 is 1. The highest BCUT2D eigenvalue weighted by Gasteiger charge is 2.02. The predicted octanol–water partition coefficient (Wildman–Crippen LogP) is 2.26. The molecule has 0 radical (unpaired) electrons. The van der Waals surface area contributed by atoms with Gasteiger partial charge in [-0.3, -0.25) is 4.79 Å². The van der Waals surface area contributed by atoms with Crippen molar-refractivity contribution in [1.29, 1.82) is 0 Å². The zero-order valence-electron chi connectivity index (χ0n) is 9.51. The van der Waals surface area contributed by atoms with Crippen LogP contribution in [0.2, 0.25) is 0 Å². The van der Waals surface area contributed by atoms with Crippen LogP contribution in [0.15, 0.2) is 30.3 Å². The molecule has 1 aromatic heterocycles. The van der Waals surface area contributed by atoms with Crippen LogP contribution in [0, 0.1) is 0 Å². The first-order valence-electron chi connectivity index (χ1n) is 5.34. The number of carboxylic acids is 1. The SMILES string of the molecule is COc1ccc2cc(CCC(=O)O)ccc2n1. The van der Waals surface area contributed by atoms with Crippen molar-refractivity contribution in [3.63, 3.8) is 0 Å². The Kier molecular flexibility index (Phi) is 3.23. The number of pyridine rings is 1. The number of rotatable bonds is 4. The van der Waals surface area contributed by atoms with Gasteiger partial charge in [0, 0.05) is 17.9 Å². The van der Waals surface area contributed by atoms with E-state index in [2.05, 4.69) is 4.98 Å². The maximum atomic E-state index is 10.5. The van der Waals surface area contributed by atoms with Crippen LogP contribution in [0.25, 0.3) is 10.9 Å². The van der Waals surface area contributed by atoms with Gasteiger partial charge in [0.05, 0.1) is 12.6 Å². The first kappa shape index (κ1) is 11.4. The number of benzene rings is 1. The Morgan fingerprint density at radius 3 is 2.88 bits per heavy atom.